The van der Waals surface area contributed by atoms with Gasteiger partial charge in [-0.3, -0.25) is 4.79 Å². The minimum atomic E-state index is -3.94. The topological polar surface area (TPSA) is 121 Å². The van der Waals surface area contributed by atoms with Crippen molar-refractivity contribution in [3.8, 4) is 0 Å². The van der Waals surface area contributed by atoms with Gasteiger partial charge in [-0.1, -0.05) is 23.4 Å². The fourth-order valence-corrected chi connectivity index (χ4v) is 7.72. The van der Waals surface area contributed by atoms with Crippen LogP contribution in [0.1, 0.15) is 24.3 Å². The summed E-state index contributed by atoms with van der Waals surface area (Å²) in [5, 5.41) is 3.73. The summed E-state index contributed by atoms with van der Waals surface area (Å²) in [6.45, 7) is 4.07. The summed E-state index contributed by atoms with van der Waals surface area (Å²) in [7, 11) is -7.57. The van der Waals surface area contributed by atoms with E-state index in [9.17, 15) is 21.6 Å². The number of rotatable bonds is 5. The van der Waals surface area contributed by atoms with Crippen molar-refractivity contribution in [2.75, 3.05) is 32.7 Å². The van der Waals surface area contributed by atoms with E-state index in [1.54, 1.807) is 42.2 Å². The third-order valence-electron chi connectivity index (χ3n) is 5.95. The van der Waals surface area contributed by atoms with Gasteiger partial charge in [0.15, 0.2) is 5.76 Å². The summed E-state index contributed by atoms with van der Waals surface area (Å²) < 4.78 is 59.7. The highest BCUT2D eigenvalue weighted by Crippen LogP contribution is 2.31. The summed E-state index contributed by atoms with van der Waals surface area (Å²) in [6, 6.07) is 7.36. The van der Waals surface area contributed by atoms with Crippen molar-refractivity contribution >= 4 is 26.0 Å². The van der Waals surface area contributed by atoms with Gasteiger partial charge < -0.3 is 9.42 Å². The zero-order valence-electron chi connectivity index (χ0n) is 18.0. The molecule has 0 unspecified atom stereocenters. The molecular formula is C20H26N4O6S2. The van der Waals surface area contributed by atoms with Crippen LogP contribution in [0.2, 0.25) is 0 Å². The molecule has 0 bridgehead atoms. The van der Waals surface area contributed by atoms with E-state index in [0.717, 1.165) is 0 Å². The number of benzene rings is 1. The zero-order chi connectivity index (χ0) is 23.1. The molecule has 2 aliphatic rings. The standard InChI is InChI=1S/C20H26N4O6S2/c1-15-19(16(2)30-21-15)32(28,29)24-10-6-9-18(24)20(25)22-11-13-23(14-12-22)31(26,27)17-7-4-3-5-8-17/h3-5,7-8,18H,6,9-14H2,1-2H3/t18-/m0/s1. The molecule has 0 N–H and O–H groups in total. The Bertz CT molecular complexity index is 1180. The van der Waals surface area contributed by atoms with E-state index >= 15 is 0 Å². The van der Waals surface area contributed by atoms with Crippen molar-refractivity contribution in [1.29, 1.82) is 0 Å². The van der Waals surface area contributed by atoms with Gasteiger partial charge in [-0.25, -0.2) is 16.8 Å². The lowest BCUT2D eigenvalue weighted by Crippen LogP contribution is -2.55. The maximum absolute atomic E-state index is 13.2. The van der Waals surface area contributed by atoms with Crippen LogP contribution in [0.4, 0.5) is 0 Å². The van der Waals surface area contributed by atoms with E-state index in [4.69, 9.17) is 4.52 Å². The second kappa shape index (κ2) is 8.58. The predicted octanol–water partition coefficient (Wildman–Crippen LogP) is 0.978. The van der Waals surface area contributed by atoms with Gasteiger partial charge in [0, 0.05) is 32.7 Å². The fourth-order valence-electron chi connectivity index (χ4n) is 4.34. The second-order valence-electron chi connectivity index (χ2n) is 7.97. The van der Waals surface area contributed by atoms with Crippen molar-refractivity contribution < 1.29 is 26.2 Å². The Labute approximate surface area is 187 Å². The van der Waals surface area contributed by atoms with Gasteiger partial charge in [0.2, 0.25) is 26.0 Å². The van der Waals surface area contributed by atoms with Gasteiger partial charge in [-0.05, 0) is 38.8 Å². The Hall–Kier alpha value is -2.28. The molecule has 1 aromatic heterocycles. The maximum Gasteiger partial charge on any atom is 0.249 e. The van der Waals surface area contributed by atoms with Crippen LogP contribution in [0.5, 0.6) is 0 Å². The first-order valence-corrected chi connectivity index (χ1v) is 13.3. The van der Waals surface area contributed by atoms with Gasteiger partial charge in [0.25, 0.3) is 0 Å². The molecule has 0 aliphatic carbocycles. The monoisotopic (exact) mass is 482 g/mol. The largest absolute Gasteiger partial charge is 0.360 e. The molecule has 12 heteroatoms. The van der Waals surface area contributed by atoms with E-state index in [0.29, 0.717) is 12.8 Å². The van der Waals surface area contributed by atoms with E-state index in [2.05, 4.69) is 5.16 Å². The van der Waals surface area contributed by atoms with Crippen LogP contribution in [0, 0.1) is 13.8 Å². The number of hydrogen-bond donors (Lipinski definition) is 0. The molecule has 2 fully saturated rings. The van der Waals surface area contributed by atoms with E-state index < -0.39 is 26.1 Å². The van der Waals surface area contributed by atoms with Gasteiger partial charge in [0.05, 0.1) is 4.90 Å². The van der Waals surface area contributed by atoms with Crippen LogP contribution in [-0.4, -0.2) is 80.2 Å². The average molecular weight is 483 g/mol. The van der Waals surface area contributed by atoms with Crippen molar-refractivity contribution in [2.24, 2.45) is 0 Å². The summed E-state index contributed by atoms with van der Waals surface area (Å²) in [5.74, 6) is -0.102. The first-order valence-electron chi connectivity index (χ1n) is 10.4. The summed E-state index contributed by atoms with van der Waals surface area (Å²) >= 11 is 0. The molecule has 3 heterocycles. The lowest BCUT2D eigenvalue weighted by molar-refractivity contribution is -0.135. The maximum atomic E-state index is 13.2. The van der Waals surface area contributed by atoms with Gasteiger partial charge in [-0.15, -0.1) is 0 Å². The van der Waals surface area contributed by atoms with E-state index in [1.165, 1.54) is 15.5 Å². The number of aryl methyl sites for hydroxylation is 2. The zero-order valence-corrected chi connectivity index (χ0v) is 19.6. The van der Waals surface area contributed by atoms with Crippen molar-refractivity contribution in [1.82, 2.24) is 18.7 Å². The fraction of sp³-hybridized carbons (Fsp3) is 0.500. The van der Waals surface area contributed by atoms with Crippen molar-refractivity contribution in [2.45, 2.75) is 42.5 Å². The molecule has 174 valence electrons. The highest BCUT2D eigenvalue weighted by Gasteiger charge is 2.44. The van der Waals surface area contributed by atoms with Crippen LogP contribution in [0.15, 0.2) is 44.6 Å². The van der Waals surface area contributed by atoms with Gasteiger partial charge >= 0.3 is 0 Å². The van der Waals surface area contributed by atoms with Crippen LogP contribution in [-0.2, 0) is 24.8 Å². The number of piperazine rings is 1. The van der Waals surface area contributed by atoms with Crippen LogP contribution < -0.4 is 0 Å². The third kappa shape index (κ3) is 3.96. The smallest absolute Gasteiger partial charge is 0.249 e. The average Bonchev–Trinajstić information content (AvgIpc) is 3.41. The van der Waals surface area contributed by atoms with Crippen LogP contribution in [0.25, 0.3) is 0 Å². The number of sulfonamides is 2. The molecule has 1 atom stereocenters. The first-order chi connectivity index (χ1) is 15.1. The lowest BCUT2D eigenvalue weighted by Gasteiger charge is -2.36. The van der Waals surface area contributed by atoms with Gasteiger partial charge in [-0.2, -0.15) is 8.61 Å². The molecule has 2 aliphatic heterocycles. The Morgan fingerprint density at radius 2 is 1.62 bits per heavy atom. The second-order valence-corrected chi connectivity index (χ2v) is 11.7. The molecule has 0 saturated carbocycles. The quantitative estimate of drug-likeness (QED) is 0.623. The van der Waals surface area contributed by atoms with Crippen molar-refractivity contribution in [3.63, 3.8) is 0 Å². The number of amides is 1. The number of hydrogen-bond acceptors (Lipinski definition) is 7. The van der Waals surface area contributed by atoms with Crippen molar-refractivity contribution in [3.05, 3.63) is 41.8 Å². The predicted molar refractivity (Wildman–Crippen MR) is 115 cm³/mol. The number of aromatic nitrogens is 1. The van der Waals surface area contributed by atoms with E-state index in [-0.39, 0.29) is 59.9 Å². The summed E-state index contributed by atoms with van der Waals surface area (Å²) in [4.78, 5) is 15.0. The molecular weight excluding hydrogens is 456 g/mol. The molecule has 32 heavy (non-hydrogen) atoms. The first kappa shape index (κ1) is 22.9. The summed E-state index contributed by atoms with van der Waals surface area (Å²) in [5.41, 5.74) is 0.264. The molecule has 0 radical (unpaired) electrons. The summed E-state index contributed by atoms with van der Waals surface area (Å²) in [6.07, 6.45) is 0.991. The van der Waals surface area contributed by atoms with Crippen LogP contribution >= 0.6 is 0 Å². The third-order valence-corrected chi connectivity index (χ3v) is 10.0. The molecule has 2 aromatic rings. The highest BCUT2D eigenvalue weighted by atomic mass is 32.2. The SMILES string of the molecule is Cc1noc(C)c1S(=O)(=O)N1CCC[C@H]1C(=O)N1CCN(S(=O)(=O)c2ccccc2)CC1. The minimum Gasteiger partial charge on any atom is -0.360 e. The normalized spacial score (nSPS) is 21.2. The molecule has 10 nitrogen and oxygen atoms in total. The number of nitrogens with zero attached hydrogens (tertiary/aromatic N) is 4. The Morgan fingerprint density at radius 1 is 0.969 bits per heavy atom. The molecule has 0 spiro atoms. The van der Waals surface area contributed by atoms with Gasteiger partial charge in [0.1, 0.15) is 16.6 Å². The van der Waals surface area contributed by atoms with Crippen LogP contribution in [0.3, 0.4) is 0 Å². The number of carbonyl (C=O) groups excluding carboxylic acids is 1. The van der Waals surface area contributed by atoms with E-state index in [1.807, 2.05) is 0 Å². The minimum absolute atomic E-state index is 0.0102. The molecule has 4 rings (SSSR count). The molecule has 1 amide bonds. The number of carbonyl (C=O) groups is 1. The Morgan fingerprint density at radius 3 is 2.22 bits per heavy atom. The molecule has 1 aromatic carbocycles. The highest BCUT2D eigenvalue weighted by molar-refractivity contribution is 7.89. The molecule has 2 saturated heterocycles. The lowest BCUT2D eigenvalue weighted by atomic mass is 10.2. The Kier molecular flexibility index (Phi) is 6.14. The Balaban J connectivity index is 1.47.